The highest BCUT2D eigenvalue weighted by Crippen LogP contribution is 2.33. The van der Waals surface area contributed by atoms with Gasteiger partial charge in [-0.2, -0.15) is 4.98 Å². The third kappa shape index (κ3) is 5.43. The molecule has 0 unspecified atom stereocenters. The number of nitrogens with one attached hydrogen (secondary N) is 2. The van der Waals surface area contributed by atoms with Crippen LogP contribution in [0.15, 0.2) is 54.7 Å². The van der Waals surface area contributed by atoms with Gasteiger partial charge in [0, 0.05) is 23.1 Å². The summed E-state index contributed by atoms with van der Waals surface area (Å²) >= 11 is 0. The van der Waals surface area contributed by atoms with Crippen molar-refractivity contribution in [3.05, 3.63) is 71.4 Å². The van der Waals surface area contributed by atoms with Crippen LogP contribution in [0.1, 0.15) is 75.5 Å². The number of hydrogen-bond donors (Lipinski definition) is 2. The molecule has 0 bridgehead atoms. The van der Waals surface area contributed by atoms with E-state index in [9.17, 15) is 0 Å². The molecule has 2 aromatic carbocycles. The molecule has 4 heteroatoms. The van der Waals surface area contributed by atoms with Crippen LogP contribution >= 0.6 is 0 Å². The molecule has 0 spiro atoms. The number of anilines is 4. The Morgan fingerprint density at radius 3 is 2.32 bits per heavy atom. The minimum absolute atomic E-state index is 0.106. The van der Waals surface area contributed by atoms with Crippen molar-refractivity contribution in [2.45, 2.75) is 71.1 Å². The van der Waals surface area contributed by atoms with Gasteiger partial charge < -0.3 is 10.6 Å². The molecular weight excluding hydrogens is 380 g/mol. The van der Waals surface area contributed by atoms with E-state index < -0.39 is 0 Å². The van der Waals surface area contributed by atoms with Crippen molar-refractivity contribution < 1.29 is 0 Å². The zero-order chi connectivity index (χ0) is 21.8. The van der Waals surface area contributed by atoms with Gasteiger partial charge in [0.25, 0.3) is 0 Å². The second kappa shape index (κ2) is 9.09. The summed E-state index contributed by atoms with van der Waals surface area (Å²) in [4.78, 5) is 9.22. The molecule has 1 saturated carbocycles. The van der Waals surface area contributed by atoms with Gasteiger partial charge in [-0.15, -0.1) is 0 Å². The average molecular weight is 415 g/mol. The normalized spacial score (nSPS) is 15.0. The topological polar surface area (TPSA) is 49.8 Å². The maximum atomic E-state index is 4.73. The summed E-state index contributed by atoms with van der Waals surface area (Å²) in [6.07, 6.45) is 8.60. The molecule has 1 aromatic heterocycles. The first-order valence-electron chi connectivity index (χ1n) is 11.5. The number of benzene rings is 2. The van der Waals surface area contributed by atoms with Gasteiger partial charge in [0.05, 0.1) is 0 Å². The highest BCUT2D eigenvalue weighted by Gasteiger charge is 2.16. The molecule has 162 valence electrons. The van der Waals surface area contributed by atoms with Gasteiger partial charge in [-0.1, -0.05) is 64.3 Å². The lowest BCUT2D eigenvalue weighted by molar-refractivity contribution is 0.443. The minimum Gasteiger partial charge on any atom is -0.340 e. The van der Waals surface area contributed by atoms with E-state index in [1.807, 2.05) is 13.1 Å². The largest absolute Gasteiger partial charge is 0.340 e. The highest BCUT2D eigenvalue weighted by molar-refractivity contribution is 5.63. The Bertz CT molecular complexity index is 1010. The summed E-state index contributed by atoms with van der Waals surface area (Å²) in [6, 6.07) is 17.3. The molecule has 1 heterocycles. The van der Waals surface area contributed by atoms with E-state index in [0.717, 1.165) is 28.7 Å². The van der Waals surface area contributed by atoms with E-state index >= 15 is 0 Å². The van der Waals surface area contributed by atoms with Crippen LogP contribution in [-0.2, 0) is 5.41 Å². The Balaban J connectivity index is 1.48. The van der Waals surface area contributed by atoms with Crippen LogP contribution in [0.25, 0.3) is 0 Å². The van der Waals surface area contributed by atoms with E-state index in [0.29, 0.717) is 5.95 Å². The first-order chi connectivity index (χ1) is 14.9. The number of rotatable bonds is 5. The third-order valence-corrected chi connectivity index (χ3v) is 6.21. The molecule has 0 amide bonds. The molecule has 2 N–H and O–H groups in total. The van der Waals surface area contributed by atoms with Gasteiger partial charge in [0.1, 0.15) is 5.82 Å². The Morgan fingerprint density at radius 1 is 0.871 bits per heavy atom. The lowest BCUT2D eigenvalue weighted by Gasteiger charge is -2.22. The van der Waals surface area contributed by atoms with E-state index in [-0.39, 0.29) is 5.41 Å². The van der Waals surface area contributed by atoms with Gasteiger partial charge in [0.15, 0.2) is 0 Å². The molecule has 0 saturated heterocycles. The molecule has 31 heavy (non-hydrogen) atoms. The Hall–Kier alpha value is -2.88. The van der Waals surface area contributed by atoms with E-state index in [2.05, 4.69) is 84.9 Å². The Labute approximate surface area is 186 Å². The van der Waals surface area contributed by atoms with Gasteiger partial charge >= 0.3 is 0 Å². The molecule has 0 atom stereocenters. The molecule has 3 aromatic rings. The van der Waals surface area contributed by atoms with Crippen LogP contribution in [0.3, 0.4) is 0 Å². The summed E-state index contributed by atoms with van der Waals surface area (Å²) in [7, 11) is 0. The zero-order valence-electron chi connectivity index (χ0n) is 19.2. The van der Waals surface area contributed by atoms with Gasteiger partial charge in [-0.25, -0.2) is 4.98 Å². The van der Waals surface area contributed by atoms with Crippen LogP contribution in [0.4, 0.5) is 23.1 Å². The monoisotopic (exact) mass is 414 g/mol. The van der Waals surface area contributed by atoms with Crippen LogP contribution in [0.5, 0.6) is 0 Å². The number of aryl methyl sites for hydroxylation is 1. The second-order valence-electron chi connectivity index (χ2n) is 9.76. The Morgan fingerprint density at radius 2 is 1.61 bits per heavy atom. The van der Waals surface area contributed by atoms with Gasteiger partial charge in [-0.05, 0) is 66.5 Å². The van der Waals surface area contributed by atoms with Crippen molar-refractivity contribution in [3.63, 3.8) is 0 Å². The first kappa shape index (κ1) is 21.4. The molecule has 0 radical (unpaired) electrons. The van der Waals surface area contributed by atoms with Crippen LogP contribution < -0.4 is 10.6 Å². The van der Waals surface area contributed by atoms with Gasteiger partial charge in [0.2, 0.25) is 5.95 Å². The molecule has 0 aliphatic heterocycles. The predicted molar refractivity (Wildman–Crippen MR) is 131 cm³/mol. The lowest BCUT2D eigenvalue weighted by atomic mass is 9.84. The van der Waals surface area contributed by atoms with Crippen molar-refractivity contribution in [2.24, 2.45) is 0 Å². The van der Waals surface area contributed by atoms with Crippen molar-refractivity contribution >= 4 is 23.1 Å². The number of hydrogen-bond acceptors (Lipinski definition) is 4. The summed E-state index contributed by atoms with van der Waals surface area (Å²) in [5.41, 5.74) is 5.92. The van der Waals surface area contributed by atoms with Crippen molar-refractivity contribution in [2.75, 3.05) is 10.6 Å². The van der Waals surface area contributed by atoms with E-state index in [4.69, 9.17) is 4.98 Å². The Kier molecular flexibility index (Phi) is 6.26. The second-order valence-corrected chi connectivity index (χ2v) is 9.76. The molecule has 4 nitrogen and oxygen atoms in total. The highest BCUT2D eigenvalue weighted by atomic mass is 15.1. The SMILES string of the molecule is Cc1cnc(Nc2ccc(C3CCCCC3)cc2)nc1Nc1cccc(C(C)(C)C)c1. The van der Waals surface area contributed by atoms with E-state index in [1.165, 1.54) is 43.2 Å². The predicted octanol–water partition coefficient (Wildman–Crippen LogP) is 7.62. The van der Waals surface area contributed by atoms with E-state index in [1.54, 1.807) is 0 Å². The molecule has 1 fully saturated rings. The summed E-state index contributed by atoms with van der Waals surface area (Å²) < 4.78 is 0. The molecular formula is C27H34N4. The zero-order valence-corrected chi connectivity index (χ0v) is 19.2. The van der Waals surface area contributed by atoms with Crippen LogP contribution in [-0.4, -0.2) is 9.97 Å². The minimum atomic E-state index is 0.106. The maximum Gasteiger partial charge on any atom is 0.229 e. The van der Waals surface area contributed by atoms with Crippen molar-refractivity contribution in [1.29, 1.82) is 0 Å². The fourth-order valence-corrected chi connectivity index (χ4v) is 4.23. The maximum absolute atomic E-state index is 4.73. The average Bonchev–Trinajstić information content (AvgIpc) is 2.77. The standard InChI is InChI=1S/C27H34N4/c1-19-18-28-26(30-23-15-13-21(14-16-23)20-9-6-5-7-10-20)31-25(19)29-24-12-8-11-22(17-24)27(2,3)4/h8,11-18,20H,5-7,9-10H2,1-4H3,(H2,28,29,30,31). The van der Waals surface area contributed by atoms with Crippen LogP contribution in [0.2, 0.25) is 0 Å². The summed E-state index contributed by atoms with van der Waals surface area (Å²) in [5.74, 6) is 2.14. The molecule has 1 aliphatic rings. The third-order valence-electron chi connectivity index (χ3n) is 6.21. The number of nitrogens with zero attached hydrogens (tertiary/aromatic N) is 2. The fraction of sp³-hybridized carbons (Fsp3) is 0.407. The number of aromatic nitrogens is 2. The smallest absolute Gasteiger partial charge is 0.229 e. The van der Waals surface area contributed by atoms with Crippen molar-refractivity contribution in [1.82, 2.24) is 9.97 Å². The molecule has 4 rings (SSSR count). The molecule has 1 aliphatic carbocycles. The fourth-order valence-electron chi connectivity index (χ4n) is 4.23. The van der Waals surface area contributed by atoms with Crippen LogP contribution in [0, 0.1) is 6.92 Å². The lowest BCUT2D eigenvalue weighted by Crippen LogP contribution is -2.11. The van der Waals surface area contributed by atoms with Gasteiger partial charge in [-0.3, -0.25) is 0 Å². The summed E-state index contributed by atoms with van der Waals surface area (Å²) in [6.45, 7) is 8.70. The first-order valence-corrected chi connectivity index (χ1v) is 11.5. The quantitative estimate of drug-likeness (QED) is 0.451. The summed E-state index contributed by atoms with van der Waals surface area (Å²) in [5, 5.41) is 6.83. The van der Waals surface area contributed by atoms with Crippen molar-refractivity contribution in [3.8, 4) is 0 Å².